The number of carbonyl (C=O) groups excluding carboxylic acids is 4. The maximum Gasteiger partial charge on any atom is 0.340 e. The molecule has 1 saturated heterocycles. The average Bonchev–Trinajstić information content (AvgIpc) is 3.07. The molecular formula is C25H23N3O5. The Labute approximate surface area is 190 Å². The van der Waals surface area contributed by atoms with Crippen LogP contribution in [-0.2, 0) is 14.3 Å². The maximum absolute atomic E-state index is 13.1. The molecule has 2 heterocycles. The molecule has 0 atom stereocenters. The largest absolute Gasteiger partial charge is 0.462 e. The number of barbiturate groups is 1. The maximum atomic E-state index is 13.1. The van der Waals surface area contributed by atoms with Crippen LogP contribution in [0.15, 0.2) is 54.6 Å². The summed E-state index contributed by atoms with van der Waals surface area (Å²) >= 11 is 0. The second-order valence-electron chi connectivity index (χ2n) is 7.72. The molecule has 0 radical (unpaired) electrons. The molecule has 4 rings (SSSR count). The number of aryl methyl sites for hydroxylation is 1. The van der Waals surface area contributed by atoms with Crippen molar-refractivity contribution in [3.05, 3.63) is 77.0 Å². The van der Waals surface area contributed by atoms with Crippen molar-refractivity contribution >= 4 is 23.8 Å². The zero-order valence-corrected chi connectivity index (χ0v) is 18.5. The molecule has 2 N–H and O–H groups in total. The molecule has 0 aliphatic carbocycles. The lowest BCUT2D eigenvalue weighted by Gasteiger charge is -2.23. The van der Waals surface area contributed by atoms with E-state index < -0.39 is 29.7 Å². The van der Waals surface area contributed by atoms with Crippen LogP contribution in [0, 0.1) is 13.8 Å². The summed E-state index contributed by atoms with van der Waals surface area (Å²) in [5.74, 6) is -3.66. The number of imide groups is 2. The number of hydrogen-bond acceptors (Lipinski definition) is 5. The van der Waals surface area contributed by atoms with E-state index in [1.165, 1.54) is 0 Å². The molecule has 8 nitrogen and oxygen atoms in total. The van der Waals surface area contributed by atoms with Gasteiger partial charge in [0.25, 0.3) is 0 Å². The van der Waals surface area contributed by atoms with Gasteiger partial charge in [0.2, 0.25) is 11.8 Å². The van der Waals surface area contributed by atoms with Crippen LogP contribution >= 0.6 is 0 Å². The van der Waals surface area contributed by atoms with Gasteiger partial charge < -0.3 is 9.30 Å². The third-order valence-corrected chi connectivity index (χ3v) is 5.55. The molecular weight excluding hydrogens is 422 g/mol. The molecule has 1 aliphatic rings. The first-order chi connectivity index (χ1) is 15.8. The van der Waals surface area contributed by atoms with Gasteiger partial charge in [-0.05, 0) is 38.5 Å². The van der Waals surface area contributed by atoms with Crippen LogP contribution in [0.1, 0.15) is 40.0 Å². The van der Waals surface area contributed by atoms with Gasteiger partial charge in [-0.2, -0.15) is 0 Å². The van der Waals surface area contributed by atoms with Gasteiger partial charge in [0.15, 0.2) is 0 Å². The van der Waals surface area contributed by atoms with Crippen molar-refractivity contribution in [1.29, 1.82) is 0 Å². The second kappa shape index (κ2) is 8.74. The van der Waals surface area contributed by atoms with Crippen molar-refractivity contribution in [3.63, 3.8) is 0 Å². The molecule has 0 bridgehead atoms. The number of nitrogens with one attached hydrogen (secondary N) is 2. The van der Waals surface area contributed by atoms with Gasteiger partial charge in [-0.3, -0.25) is 20.2 Å². The summed E-state index contributed by atoms with van der Waals surface area (Å²) in [5.41, 5.74) is 3.85. The smallest absolute Gasteiger partial charge is 0.340 e. The fraction of sp³-hybridized carbons (Fsp3) is 0.200. The first kappa shape index (κ1) is 22.0. The lowest BCUT2D eigenvalue weighted by molar-refractivity contribution is -0.132. The Kier molecular flexibility index (Phi) is 5.83. The van der Waals surface area contributed by atoms with E-state index in [2.05, 4.69) is 10.6 Å². The van der Waals surface area contributed by atoms with Crippen LogP contribution in [0.3, 0.4) is 0 Å². The van der Waals surface area contributed by atoms with Gasteiger partial charge in [-0.1, -0.05) is 48.0 Å². The number of benzene rings is 2. The predicted octanol–water partition coefficient (Wildman–Crippen LogP) is 3.39. The third kappa shape index (κ3) is 3.91. The van der Waals surface area contributed by atoms with Crippen molar-refractivity contribution < 1.29 is 23.9 Å². The number of carbonyl (C=O) groups is 4. The molecule has 0 spiro atoms. The van der Waals surface area contributed by atoms with Gasteiger partial charge in [0.1, 0.15) is 5.92 Å². The summed E-state index contributed by atoms with van der Waals surface area (Å²) in [5, 5.41) is 4.28. The van der Waals surface area contributed by atoms with E-state index in [4.69, 9.17) is 4.74 Å². The minimum Gasteiger partial charge on any atom is -0.462 e. The standard InChI is InChI=1S/C25H23N3O5/c1-4-33-24(31)18-15(3)28(17-12-10-14(2)11-13-17)21(16-8-6-5-7-9-16)19(18)20-22(29)26-25(32)27-23(20)30/h5-13,20H,4H2,1-3H3,(H2,26,27,29,30,32). The van der Waals surface area contributed by atoms with Crippen molar-refractivity contribution in [2.75, 3.05) is 6.61 Å². The Hall–Kier alpha value is -4.20. The van der Waals surface area contributed by atoms with Crippen LogP contribution < -0.4 is 10.6 Å². The second-order valence-corrected chi connectivity index (χ2v) is 7.72. The monoisotopic (exact) mass is 445 g/mol. The molecule has 3 aromatic rings. The van der Waals surface area contributed by atoms with Crippen molar-refractivity contribution in [3.8, 4) is 16.9 Å². The Balaban J connectivity index is 2.10. The summed E-state index contributed by atoms with van der Waals surface area (Å²) in [7, 11) is 0. The minimum absolute atomic E-state index is 0.121. The van der Waals surface area contributed by atoms with Gasteiger partial charge in [-0.15, -0.1) is 0 Å². The SMILES string of the molecule is CCOC(=O)c1c(C2C(=O)NC(=O)NC2=O)c(-c2ccccc2)n(-c2ccc(C)cc2)c1C. The van der Waals surface area contributed by atoms with Crippen LogP contribution in [-0.4, -0.2) is 35.0 Å². The Morgan fingerprint density at radius 2 is 1.55 bits per heavy atom. The number of esters is 1. The highest BCUT2D eigenvalue weighted by Crippen LogP contribution is 2.40. The van der Waals surface area contributed by atoms with Gasteiger partial charge >= 0.3 is 12.0 Å². The molecule has 0 saturated carbocycles. The molecule has 1 aromatic heterocycles. The highest BCUT2D eigenvalue weighted by molar-refractivity contribution is 6.21. The summed E-state index contributed by atoms with van der Waals surface area (Å²) < 4.78 is 7.15. The topological polar surface area (TPSA) is 106 Å². The lowest BCUT2D eigenvalue weighted by Crippen LogP contribution is -2.54. The highest BCUT2D eigenvalue weighted by Gasteiger charge is 2.42. The molecule has 4 amide bonds. The van der Waals surface area contributed by atoms with E-state index in [0.717, 1.165) is 11.3 Å². The quantitative estimate of drug-likeness (QED) is 0.463. The molecule has 1 aliphatic heterocycles. The first-order valence-electron chi connectivity index (χ1n) is 10.5. The summed E-state index contributed by atoms with van der Waals surface area (Å²) in [6.07, 6.45) is 0. The average molecular weight is 445 g/mol. The first-order valence-corrected chi connectivity index (χ1v) is 10.5. The normalized spacial score (nSPS) is 14.1. The molecule has 8 heteroatoms. The number of urea groups is 1. The van der Waals surface area contributed by atoms with Crippen molar-refractivity contribution in [2.24, 2.45) is 0 Å². The van der Waals surface area contributed by atoms with Crippen molar-refractivity contribution in [1.82, 2.24) is 15.2 Å². The molecule has 168 valence electrons. The van der Waals surface area contributed by atoms with E-state index in [9.17, 15) is 19.2 Å². The zero-order valence-electron chi connectivity index (χ0n) is 18.5. The number of ether oxygens (including phenoxy) is 1. The summed E-state index contributed by atoms with van der Waals surface area (Å²) in [6, 6.07) is 16.0. The van der Waals surface area contributed by atoms with Gasteiger partial charge in [0, 0.05) is 16.9 Å². The van der Waals surface area contributed by atoms with E-state index in [1.54, 1.807) is 13.8 Å². The number of nitrogens with zero attached hydrogens (tertiary/aromatic N) is 1. The van der Waals surface area contributed by atoms with Gasteiger partial charge in [0.05, 0.1) is 17.9 Å². The van der Waals surface area contributed by atoms with Crippen LogP contribution in [0.2, 0.25) is 0 Å². The molecule has 2 aromatic carbocycles. The molecule has 0 unspecified atom stereocenters. The van der Waals surface area contributed by atoms with Gasteiger partial charge in [-0.25, -0.2) is 9.59 Å². The summed E-state index contributed by atoms with van der Waals surface area (Å²) in [4.78, 5) is 50.6. The Bertz CT molecular complexity index is 1240. The summed E-state index contributed by atoms with van der Waals surface area (Å²) in [6.45, 7) is 5.51. The van der Waals surface area contributed by atoms with Crippen LogP contribution in [0.5, 0.6) is 0 Å². The zero-order chi connectivity index (χ0) is 23.7. The Morgan fingerprint density at radius 1 is 0.939 bits per heavy atom. The van der Waals surface area contributed by atoms with Crippen LogP contribution in [0.25, 0.3) is 16.9 Å². The van der Waals surface area contributed by atoms with Crippen LogP contribution in [0.4, 0.5) is 4.79 Å². The number of amides is 4. The number of hydrogen-bond donors (Lipinski definition) is 2. The molecule has 1 fully saturated rings. The van der Waals surface area contributed by atoms with E-state index in [0.29, 0.717) is 17.0 Å². The third-order valence-electron chi connectivity index (χ3n) is 5.55. The fourth-order valence-corrected chi connectivity index (χ4v) is 4.13. The fourth-order valence-electron chi connectivity index (χ4n) is 4.13. The lowest BCUT2D eigenvalue weighted by atomic mass is 9.89. The number of aromatic nitrogens is 1. The minimum atomic E-state index is -1.41. The predicted molar refractivity (Wildman–Crippen MR) is 121 cm³/mol. The van der Waals surface area contributed by atoms with E-state index in [-0.39, 0.29) is 17.7 Å². The van der Waals surface area contributed by atoms with E-state index >= 15 is 0 Å². The number of rotatable bonds is 5. The van der Waals surface area contributed by atoms with Crippen molar-refractivity contribution in [2.45, 2.75) is 26.7 Å². The Morgan fingerprint density at radius 3 is 2.12 bits per heavy atom. The molecule has 33 heavy (non-hydrogen) atoms. The van der Waals surface area contributed by atoms with E-state index in [1.807, 2.05) is 66.1 Å². The highest BCUT2D eigenvalue weighted by atomic mass is 16.5.